The van der Waals surface area contributed by atoms with Crippen LogP contribution in [0.25, 0.3) is 0 Å². The highest BCUT2D eigenvalue weighted by Gasteiger charge is 2.04. The quantitative estimate of drug-likeness (QED) is 0.613. The summed E-state index contributed by atoms with van der Waals surface area (Å²) in [6.45, 7) is 4.06. The minimum Gasteiger partial charge on any atom is -0.481 e. The van der Waals surface area contributed by atoms with E-state index in [0.29, 0.717) is 31.0 Å². The highest BCUT2D eigenvalue weighted by Crippen LogP contribution is 2.08. The Hall–Kier alpha value is -0.860. The van der Waals surface area contributed by atoms with Gasteiger partial charge in [-0.2, -0.15) is 0 Å². The Bertz CT molecular complexity index is 185. The molecule has 0 unspecified atom stereocenters. The van der Waals surface area contributed by atoms with Crippen molar-refractivity contribution in [2.75, 3.05) is 0 Å². The largest absolute Gasteiger partial charge is 0.481 e. The molecule has 0 saturated heterocycles. The molecular weight excluding hydrogens is 180 g/mol. The first-order chi connectivity index (χ1) is 6.52. The molecule has 0 aromatic heterocycles. The van der Waals surface area contributed by atoms with Crippen molar-refractivity contribution < 1.29 is 14.7 Å². The van der Waals surface area contributed by atoms with Crippen molar-refractivity contribution in [1.82, 2.24) is 0 Å². The number of ketones is 1. The van der Waals surface area contributed by atoms with Crippen LogP contribution in [0.5, 0.6) is 0 Å². The van der Waals surface area contributed by atoms with Crippen LogP contribution in [-0.2, 0) is 9.59 Å². The van der Waals surface area contributed by atoms with Gasteiger partial charge in [-0.1, -0.05) is 20.3 Å². The van der Waals surface area contributed by atoms with E-state index in [9.17, 15) is 9.59 Å². The summed E-state index contributed by atoms with van der Waals surface area (Å²) in [5.74, 6) is -0.0182. The molecule has 0 heterocycles. The SMILES string of the molecule is CC(C)CC(=O)CCCCCC(=O)O. The number of carboxylic acid groups (broad SMARTS) is 1. The molecule has 0 saturated carbocycles. The second-order valence-corrected chi connectivity index (χ2v) is 4.09. The van der Waals surface area contributed by atoms with Gasteiger partial charge in [-0.3, -0.25) is 9.59 Å². The van der Waals surface area contributed by atoms with Gasteiger partial charge in [-0.25, -0.2) is 0 Å². The van der Waals surface area contributed by atoms with E-state index in [1.54, 1.807) is 0 Å². The molecule has 0 aromatic rings. The molecule has 0 aliphatic heterocycles. The number of carbonyl (C=O) groups is 2. The summed E-state index contributed by atoms with van der Waals surface area (Å²) in [7, 11) is 0. The Morgan fingerprint density at radius 2 is 1.64 bits per heavy atom. The predicted octanol–water partition coefficient (Wildman–Crippen LogP) is 2.64. The van der Waals surface area contributed by atoms with E-state index >= 15 is 0 Å². The number of aliphatic carboxylic acids is 1. The zero-order valence-corrected chi connectivity index (χ0v) is 9.08. The van der Waals surface area contributed by atoms with Gasteiger partial charge in [0, 0.05) is 19.3 Å². The van der Waals surface area contributed by atoms with Crippen LogP contribution in [0.4, 0.5) is 0 Å². The summed E-state index contributed by atoms with van der Waals surface area (Å²) in [5, 5.41) is 8.37. The standard InChI is InChI=1S/C11H20O3/c1-9(2)8-10(12)6-4-3-5-7-11(13)14/h9H,3-8H2,1-2H3,(H,13,14). The molecule has 0 bridgehead atoms. The molecule has 14 heavy (non-hydrogen) atoms. The normalized spacial score (nSPS) is 10.5. The molecule has 0 aliphatic carbocycles. The molecule has 0 spiro atoms. The number of hydrogen-bond acceptors (Lipinski definition) is 2. The van der Waals surface area contributed by atoms with Gasteiger partial charge in [0.1, 0.15) is 5.78 Å². The first kappa shape index (κ1) is 13.1. The lowest BCUT2D eigenvalue weighted by Crippen LogP contribution is -2.02. The van der Waals surface area contributed by atoms with Gasteiger partial charge in [-0.05, 0) is 18.8 Å². The summed E-state index contributed by atoms with van der Waals surface area (Å²) < 4.78 is 0. The molecule has 0 aromatic carbocycles. The van der Waals surface area contributed by atoms with Crippen molar-refractivity contribution in [3.05, 3.63) is 0 Å². The van der Waals surface area contributed by atoms with Gasteiger partial charge in [0.05, 0.1) is 0 Å². The smallest absolute Gasteiger partial charge is 0.303 e. The van der Waals surface area contributed by atoms with Crippen molar-refractivity contribution in [2.24, 2.45) is 5.92 Å². The molecule has 1 N–H and O–H groups in total. The number of unbranched alkanes of at least 4 members (excludes halogenated alkanes) is 2. The maximum absolute atomic E-state index is 11.2. The number of Topliss-reactive ketones (excluding diaryl/α,β-unsaturated/α-hetero) is 1. The monoisotopic (exact) mass is 200 g/mol. The van der Waals surface area contributed by atoms with Crippen LogP contribution in [0.1, 0.15) is 52.4 Å². The van der Waals surface area contributed by atoms with Gasteiger partial charge in [0.25, 0.3) is 0 Å². The Morgan fingerprint density at radius 1 is 1.07 bits per heavy atom. The fourth-order valence-electron chi connectivity index (χ4n) is 1.33. The van der Waals surface area contributed by atoms with E-state index in [0.717, 1.165) is 12.8 Å². The van der Waals surface area contributed by atoms with Crippen molar-refractivity contribution >= 4 is 11.8 Å². The zero-order valence-electron chi connectivity index (χ0n) is 9.08. The molecule has 0 atom stereocenters. The van der Waals surface area contributed by atoms with Crippen molar-refractivity contribution in [3.63, 3.8) is 0 Å². The van der Waals surface area contributed by atoms with Gasteiger partial charge < -0.3 is 5.11 Å². The minimum atomic E-state index is -0.751. The molecule has 0 rings (SSSR count). The van der Waals surface area contributed by atoms with E-state index in [1.165, 1.54) is 0 Å². The summed E-state index contributed by atoms with van der Waals surface area (Å²) in [4.78, 5) is 21.4. The van der Waals surface area contributed by atoms with Crippen LogP contribution >= 0.6 is 0 Å². The molecular formula is C11H20O3. The van der Waals surface area contributed by atoms with Crippen molar-refractivity contribution in [2.45, 2.75) is 52.4 Å². The second-order valence-electron chi connectivity index (χ2n) is 4.09. The number of carboxylic acids is 1. The van der Waals surface area contributed by atoms with Gasteiger partial charge in [-0.15, -0.1) is 0 Å². The first-order valence-corrected chi connectivity index (χ1v) is 5.26. The summed E-state index contributed by atoms with van der Waals surface area (Å²) in [5.41, 5.74) is 0. The predicted molar refractivity (Wildman–Crippen MR) is 55.2 cm³/mol. The van der Waals surface area contributed by atoms with E-state index < -0.39 is 5.97 Å². The molecule has 3 nitrogen and oxygen atoms in total. The van der Waals surface area contributed by atoms with Gasteiger partial charge in [0.2, 0.25) is 0 Å². The molecule has 3 heteroatoms. The lowest BCUT2D eigenvalue weighted by molar-refractivity contribution is -0.137. The van der Waals surface area contributed by atoms with Gasteiger partial charge in [0.15, 0.2) is 0 Å². The Morgan fingerprint density at radius 3 is 2.14 bits per heavy atom. The average Bonchev–Trinajstić information content (AvgIpc) is 2.01. The number of hydrogen-bond donors (Lipinski definition) is 1. The highest BCUT2D eigenvalue weighted by molar-refractivity contribution is 5.78. The number of carbonyl (C=O) groups excluding carboxylic acids is 1. The first-order valence-electron chi connectivity index (χ1n) is 5.26. The maximum atomic E-state index is 11.2. The van der Waals surface area contributed by atoms with Crippen molar-refractivity contribution in [3.8, 4) is 0 Å². The second kappa shape index (κ2) is 7.54. The molecule has 0 radical (unpaired) electrons. The van der Waals surface area contributed by atoms with Gasteiger partial charge >= 0.3 is 5.97 Å². The topological polar surface area (TPSA) is 54.4 Å². The van der Waals surface area contributed by atoms with Crippen molar-refractivity contribution in [1.29, 1.82) is 0 Å². The summed E-state index contributed by atoms with van der Waals surface area (Å²) in [6, 6.07) is 0. The highest BCUT2D eigenvalue weighted by atomic mass is 16.4. The van der Waals surface area contributed by atoms with Crippen LogP contribution in [0, 0.1) is 5.92 Å². The minimum absolute atomic E-state index is 0.221. The fraction of sp³-hybridized carbons (Fsp3) is 0.818. The van der Waals surface area contributed by atoms with Crippen LogP contribution < -0.4 is 0 Å². The lowest BCUT2D eigenvalue weighted by Gasteiger charge is -2.03. The van der Waals surface area contributed by atoms with Crippen LogP contribution in [-0.4, -0.2) is 16.9 Å². The van der Waals surface area contributed by atoms with Crippen LogP contribution in [0.3, 0.4) is 0 Å². The van der Waals surface area contributed by atoms with Crippen LogP contribution in [0.2, 0.25) is 0 Å². The third-order valence-electron chi connectivity index (χ3n) is 1.98. The fourth-order valence-corrected chi connectivity index (χ4v) is 1.33. The molecule has 0 fully saturated rings. The van der Waals surface area contributed by atoms with E-state index in [1.807, 2.05) is 13.8 Å². The summed E-state index contributed by atoms with van der Waals surface area (Å²) in [6.07, 6.45) is 3.84. The van der Waals surface area contributed by atoms with Crippen LogP contribution in [0.15, 0.2) is 0 Å². The molecule has 0 amide bonds. The van der Waals surface area contributed by atoms with E-state index in [2.05, 4.69) is 0 Å². The Balaban J connectivity index is 3.27. The lowest BCUT2D eigenvalue weighted by atomic mass is 10.0. The molecule has 82 valence electrons. The third kappa shape index (κ3) is 9.23. The zero-order chi connectivity index (χ0) is 11.0. The number of rotatable bonds is 8. The summed E-state index contributed by atoms with van der Waals surface area (Å²) >= 11 is 0. The Labute approximate surface area is 85.5 Å². The Kier molecular flexibility index (Phi) is 7.07. The maximum Gasteiger partial charge on any atom is 0.303 e. The van der Waals surface area contributed by atoms with E-state index in [-0.39, 0.29) is 6.42 Å². The third-order valence-corrected chi connectivity index (χ3v) is 1.98. The molecule has 0 aliphatic rings. The van der Waals surface area contributed by atoms with E-state index in [4.69, 9.17) is 5.11 Å². The average molecular weight is 200 g/mol.